The zero-order valence-corrected chi connectivity index (χ0v) is 10.5. The largest absolute Gasteiger partial charge is 0.325 e. The van der Waals surface area contributed by atoms with Crippen molar-refractivity contribution in [1.29, 1.82) is 0 Å². The minimum atomic E-state index is -0.550. The van der Waals surface area contributed by atoms with Crippen LogP contribution in [0.2, 0.25) is 5.02 Å². The topological polar surface area (TPSA) is 55.1 Å². The van der Waals surface area contributed by atoms with Crippen molar-refractivity contribution in [2.45, 2.75) is 26.8 Å². The highest BCUT2D eigenvalue weighted by atomic mass is 35.5. The number of halogens is 1. The SMILES string of the molecule is CC(C)(C)C(N)C(=O)Nc1cccc(Cl)c1. The molecule has 0 saturated heterocycles. The summed E-state index contributed by atoms with van der Waals surface area (Å²) in [4.78, 5) is 11.8. The van der Waals surface area contributed by atoms with Crippen LogP contribution in [0.15, 0.2) is 24.3 Å². The Morgan fingerprint density at radius 3 is 2.56 bits per heavy atom. The molecule has 1 amide bonds. The standard InChI is InChI=1S/C12H17ClN2O/c1-12(2,3)10(14)11(16)15-9-6-4-5-8(13)7-9/h4-7,10H,14H2,1-3H3,(H,15,16). The van der Waals surface area contributed by atoms with Gasteiger partial charge in [0.2, 0.25) is 5.91 Å². The van der Waals surface area contributed by atoms with Gasteiger partial charge in [-0.3, -0.25) is 4.79 Å². The molecule has 1 aromatic rings. The number of nitrogens with two attached hydrogens (primary N) is 1. The highest BCUT2D eigenvalue weighted by Crippen LogP contribution is 2.20. The molecule has 0 heterocycles. The van der Waals surface area contributed by atoms with Gasteiger partial charge >= 0.3 is 0 Å². The summed E-state index contributed by atoms with van der Waals surface area (Å²) < 4.78 is 0. The van der Waals surface area contributed by atoms with Crippen LogP contribution in [0.4, 0.5) is 5.69 Å². The Morgan fingerprint density at radius 1 is 1.44 bits per heavy atom. The molecule has 0 bridgehead atoms. The summed E-state index contributed by atoms with van der Waals surface area (Å²) in [6.45, 7) is 5.78. The molecule has 0 aromatic heterocycles. The summed E-state index contributed by atoms with van der Waals surface area (Å²) in [5.74, 6) is -0.199. The maximum Gasteiger partial charge on any atom is 0.241 e. The number of amides is 1. The number of rotatable bonds is 2. The highest BCUT2D eigenvalue weighted by molar-refractivity contribution is 6.30. The second-order valence-corrected chi connectivity index (χ2v) is 5.28. The van der Waals surface area contributed by atoms with E-state index in [4.69, 9.17) is 17.3 Å². The molecule has 1 rings (SSSR count). The third-order valence-electron chi connectivity index (χ3n) is 2.31. The van der Waals surface area contributed by atoms with Crippen molar-refractivity contribution in [3.63, 3.8) is 0 Å². The molecule has 4 heteroatoms. The normalized spacial score (nSPS) is 13.3. The van der Waals surface area contributed by atoms with Gasteiger partial charge in [-0.2, -0.15) is 0 Å². The van der Waals surface area contributed by atoms with E-state index in [0.29, 0.717) is 10.7 Å². The Hall–Kier alpha value is -1.06. The van der Waals surface area contributed by atoms with Crippen LogP contribution in [0.1, 0.15) is 20.8 Å². The highest BCUT2D eigenvalue weighted by Gasteiger charge is 2.27. The van der Waals surface area contributed by atoms with E-state index >= 15 is 0 Å². The molecule has 0 radical (unpaired) electrons. The van der Waals surface area contributed by atoms with E-state index in [9.17, 15) is 4.79 Å². The first-order valence-corrected chi connectivity index (χ1v) is 5.50. The second-order valence-electron chi connectivity index (χ2n) is 4.84. The Labute approximate surface area is 101 Å². The van der Waals surface area contributed by atoms with Gasteiger partial charge in [-0.1, -0.05) is 38.4 Å². The number of carbonyl (C=O) groups is 1. The lowest BCUT2D eigenvalue weighted by atomic mass is 9.87. The molecule has 88 valence electrons. The van der Waals surface area contributed by atoms with E-state index in [1.54, 1.807) is 24.3 Å². The summed E-state index contributed by atoms with van der Waals surface area (Å²) in [6.07, 6.45) is 0. The summed E-state index contributed by atoms with van der Waals surface area (Å²) >= 11 is 5.82. The molecule has 0 aliphatic rings. The Bertz CT molecular complexity index is 385. The smallest absolute Gasteiger partial charge is 0.241 e. The van der Waals surface area contributed by atoms with E-state index in [1.165, 1.54) is 0 Å². The zero-order chi connectivity index (χ0) is 12.3. The average molecular weight is 241 g/mol. The summed E-state index contributed by atoms with van der Waals surface area (Å²) in [7, 11) is 0. The van der Waals surface area contributed by atoms with Gasteiger partial charge in [0.25, 0.3) is 0 Å². The van der Waals surface area contributed by atoms with Crippen molar-refractivity contribution in [2.75, 3.05) is 5.32 Å². The summed E-state index contributed by atoms with van der Waals surface area (Å²) in [5, 5.41) is 3.33. The average Bonchev–Trinajstić information content (AvgIpc) is 2.15. The molecule has 0 saturated carbocycles. The first-order chi connectivity index (χ1) is 7.30. The first kappa shape index (κ1) is 13.0. The maximum atomic E-state index is 11.8. The summed E-state index contributed by atoms with van der Waals surface area (Å²) in [5.41, 5.74) is 6.24. The van der Waals surface area contributed by atoms with Crippen LogP contribution in [0, 0.1) is 5.41 Å². The minimum Gasteiger partial charge on any atom is -0.325 e. The molecule has 0 spiro atoms. The number of anilines is 1. The quantitative estimate of drug-likeness (QED) is 0.835. The van der Waals surface area contributed by atoms with Gasteiger partial charge in [-0.15, -0.1) is 0 Å². The second kappa shape index (κ2) is 4.85. The summed E-state index contributed by atoms with van der Waals surface area (Å²) in [6, 6.07) is 6.45. The van der Waals surface area contributed by atoms with E-state index < -0.39 is 6.04 Å². The van der Waals surface area contributed by atoms with Gasteiger partial charge in [0.05, 0.1) is 6.04 Å². The Kier molecular flexibility index (Phi) is 3.94. The molecule has 0 aliphatic carbocycles. The number of carbonyl (C=O) groups excluding carboxylic acids is 1. The predicted molar refractivity (Wildman–Crippen MR) is 67.5 cm³/mol. The number of nitrogens with one attached hydrogen (secondary N) is 1. The zero-order valence-electron chi connectivity index (χ0n) is 9.75. The maximum absolute atomic E-state index is 11.8. The van der Waals surface area contributed by atoms with Crippen molar-refractivity contribution in [3.05, 3.63) is 29.3 Å². The fraction of sp³-hybridized carbons (Fsp3) is 0.417. The van der Waals surface area contributed by atoms with Crippen molar-refractivity contribution in [3.8, 4) is 0 Å². The van der Waals surface area contributed by atoms with Crippen molar-refractivity contribution in [2.24, 2.45) is 11.1 Å². The third-order valence-corrected chi connectivity index (χ3v) is 2.54. The van der Waals surface area contributed by atoms with E-state index in [1.807, 2.05) is 20.8 Å². The third kappa shape index (κ3) is 3.51. The molecule has 3 nitrogen and oxygen atoms in total. The van der Waals surface area contributed by atoms with Crippen LogP contribution < -0.4 is 11.1 Å². The lowest BCUT2D eigenvalue weighted by Crippen LogP contribution is -2.45. The van der Waals surface area contributed by atoms with E-state index in [2.05, 4.69) is 5.32 Å². The fourth-order valence-corrected chi connectivity index (χ4v) is 1.37. The van der Waals surface area contributed by atoms with Crippen LogP contribution in [0.3, 0.4) is 0 Å². The molecular weight excluding hydrogens is 224 g/mol. The van der Waals surface area contributed by atoms with Gasteiger partial charge in [-0.25, -0.2) is 0 Å². The van der Waals surface area contributed by atoms with Crippen molar-refractivity contribution < 1.29 is 4.79 Å². The molecule has 16 heavy (non-hydrogen) atoms. The van der Waals surface area contributed by atoms with Crippen LogP contribution in [0.5, 0.6) is 0 Å². The number of benzene rings is 1. The minimum absolute atomic E-state index is 0.199. The van der Waals surface area contributed by atoms with Gasteiger partial charge in [0.15, 0.2) is 0 Å². The van der Waals surface area contributed by atoms with Crippen molar-refractivity contribution in [1.82, 2.24) is 0 Å². The van der Waals surface area contributed by atoms with Crippen LogP contribution >= 0.6 is 11.6 Å². The molecule has 0 aliphatic heterocycles. The van der Waals surface area contributed by atoms with Gasteiger partial charge in [0.1, 0.15) is 0 Å². The molecule has 1 atom stereocenters. The monoisotopic (exact) mass is 240 g/mol. The molecule has 1 aromatic carbocycles. The van der Waals surface area contributed by atoms with Gasteiger partial charge in [0, 0.05) is 10.7 Å². The number of hydrogen-bond donors (Lipinski definition) is 2. The van der Waals surface area contributed by atoms with Gasteiger partial charge < -0.3 is 11.1 Å². The molecular formula is C12H17ClN2O. The van der Waals surface area contributed by atoms with Crippen LogP contribution in [-0.4, -0.2) is 11.9 Å². The Balaban J connectivity index is 2.72. The van der Waals surface area contributed by atoms with Crippen molar-refractivity contribution >= 4 is 23.2 Å². The molecule has 1 unspecified atom stereocenters. The fourth-order valence-electron chi connectivity index (χ4n) is 1.18. The first-order valence-electron chi connectivity index (χ1n) is 5.13. The molecule has 3 N–H and O–H groups in total. The Morgan fingerprint density at radius 2 is 2.06 bits per heavy atom. The van der Waals surface area contributed by atoms with E-state index in [0.717, 1.165) is 0 Å². The van der Waals surface area contributed by atoms with Crippen LogP contribution in [-0.2, 0) is 4.79 Å². The van der Waals surface area contributed by atoms with E-state index in [-0.39, 0.29) is 11.3 Å². The molecule has 0 fully saturated rings. The lowest BCUT2D eigenvalue weighted by Gasteiger charge is -2.25. The number of hydrogen-bond acceptors (Lipinski definition) is 2. The van der Waals surface area contributed by atoms with Gasteiger partial charge in [-0.05, 0) is 23.6 Å². The van der Waals surface area contributed by atoms with Crippen LogP contribution in [0.25, 0.3) is 0 Å². The predicted octanol–water partition coefficient (Wildman–Crippen LogP) is 2.65. The lowest BCUT2D eigenvalue weighted by molar-refractivity contribution is -0.119.